The number of carbonyl (C=O) groups excluding carboxylic acids is 1. The zero-order valence-electron chi connectivity index (χ0n) is 17.3. The highest BCUT2D eigenvalue weighted by Gasteiger charge is 2.30. The van der Waals surface area contributed by atoms with Gasteiger partial charge in [-0.25, -0.2) is 18.1 Å². The number of hydrogen-bond donors (Lipinski definition) is 1. The van der Waals surface area contributed by atoms with Crippen molar-refractivity contribution < 1.29 is 17.9 Å². The predicted molar refractivity (Wildman–Crippen MR) is 111 cm³/mol. The first-order valence-corrected chi connectivity index (χ1v) is 12.0. The number of sulfonamides is 1. The fraction of sp³-hybridized carbons (Fsp3) is 0.700. The number of nitrogens with one attached hydrogen (secondary N) is 1. The highest BCUT2D eigenvalue weighted by Crippen LogP contribution is 2.24. The van der Waals surface area contributed by atoms with Crippen molar-refractivity contribution in [2.45, 2.75) is 50.5 Å². The van der Waals surface area contributed by atoms with Crippen LogP contribution in [-0.4, -0.2) is 69.6 Å². The summed E-state index contributed by atoms with van der Waals surface area (Å²) in [4.78, 5) is 21.3. The quantitative estimate of drug-likeness (QED) is 0.715. The molecule has 1 N–H and O–H groups in total. The Morgan fingerprint density at radius 3 is 2.72 bits per heavy atom. The number of amides is 1. The van der Waals surface area contributed by atoms with E-state index >= 15 is 0 Å². The number of ether oxygens (including phenoxy) is 1. The molecule has 2 aliphatic heterocycles. The zero-order valence-corrected chi connectivity index (χ0v) is 18.2. The molecule has 0 saturated carbocycles. The van der Waals surface area contributed by atoms with Gasteiger partial charge in [0.1, 0.15) is 10.7 Å². The molecule has 0 aromatic carbocycles. The Labute approximate surface area is 173 Å². The molecule has 1 amide bonds. The van der Waals surface area contributed by atoms with E-state index in [1.807, 2.05) is 18.7 Å². The number of hydrogen-bond acceptors (Lipinski definition) is 6. The van der Waals surface area contributed by atoms with Gasteiger partial charge in [0, 0.05) is 38.4 Å². The number of pyridine rings is 1. The van der Waals surface area contributed by atoms with Crippen LogP contribution in [0.1, 0.15) is 39.5 Å². The third-order valence-electron chi connectivity index (χ3n) is 5.53. The van der Waals surface area contributed by atoms with Gasteiger partial charge in [-0.05, 0) is 38.3 Å². The fourth-order valence-electron chi connectivity index (χ4n) is 3.97. The molecule has 9 heteroatoms. The molecular formula is C20H32N4O4S. The molecule has 1 aromatic heterocycles. The van der Waals surface area contributed by atoms with Crippen molar-refractivity contribution in [2.75, 3.05) is 44.3 Å². The maximum atomic E-state index is 12.8. The number of anilines is 1. The Kier molecular flexibility index (Phi) is 7.48. The lowest BCUT2D eigenvalue weighted by atomic mass is 9.96. The minimum Gasteiger partial charge on any atom is -0.378 e. The van der Waals surface area contributed by atoms with Crippen LogP contribution >= 0.6 is 0 Å². The van der Waals surface area contributed by atoms with Gasteiger partial charge in [0.05, 0.1) is 19.1 Å². The van der Waals surface area contributed by atoms with E-state index in [4.69, 9.17) is 4.74 Å². The van der Waals surface area contributed by atoms with E-state index in [0.717, 1.165) is 32.2 Å². The molecule has 29 heavy (non-hydrogen) atoms. The van der Waals surface area contributed by atoms with Gasteiger partial charge in [0.2, 0.25) is 15.9 Å². The summed E-state index contributed by atoms with van der Waals surface area (Å²) in [6.45, 7) is 7.83. The summed E-state index contributed by atoms with van der Waals surface area (Å²) in [6, 6.07) is 3.22. The van der Waals surface area contributed by atoms with E-state index in [9.17, 15) is 13.2 Å². The lowest BCUT2D eigenvalue weighted by Crippen LogP contribution is -2.48. The number of rotatable bonds is 7. The van der Waals surface area contributed by atoms with Crippen molar-refractivity contribution >= 4 is 21.7 Å². The lowest BCUT2D eigenvalue weighted by Gasteiger charge is -2.36. The molecule has 3 rings (SSSR count). The van der Waals surface area contributed by atoms with E-state index in [1.165, 1.54) is 6.20 Å². The second-order valence-corrected chi connectivity index (χ2v) is 9.60. The molecule has 0 aliphatic carbocycles. The van der Waals surface area contributed by atoms with Crippen molar-refractivity contribution in [1.82, 2.24) is 14.6 Å². The highest BCUT2D eigenvalue weighted by molar-refractivity contribution is 7.89. The third kappa shape index (κ3) is 5.67. The summed E-state index contributed by atoms with van der Waals surface area (Å²) in [5, 5.41) is 0. The molecule has 1 aromatic rings. The molecule has 2 saturated heterocycles. The summed E-state index contributed by atoms with van der Waals surface area (Å²) in [5.74, 6) is 0.847. The smallest absolute Gasteiger partial charge is 0.242 e. The summed E-state index contributed by atoms with van der Waals surface area (Å²) in [6.07, 6.45) is 4.90. The maximum absolute atomic E-state index is 12.8. The molecule has 8 nitrogen and oxygen atoms in total. The first-order chi connectivity index (χ1) is 13.9. The Bertz CT molecular complexity index is 778. The standard InChI is InChI=1S/C20H32N4O4S/c1-3-5-16(2)22-29(26,27)18-7-8-19(21-14-18)24-9-4-6-17(15-24)20(25)23-10-12-28-13-11-23/h7-8,14,16-17,22H,3-6,9-13,15H2,1-2H3. The first-order valence-electron chi connectivity index (χ1n) is 10.5. The van der Waals surface area contributed by atoms with Crippen LogP contribution in [0.3, 0.4) is 0 Å². The Hall–Kier alpha value is -1.71. The van der Waals surface area contributed by atoms with Crippen molar-refractivity contribution in [3.8, 4) is 0 Å². The van der Waals surface area contributed by atoms with Gasteiger partial charge in [-0.2, -0.15) is 0 Å². The van der Waals surface area contributed by atoms with Crippen LogP contribution < -0.4 is 9.62 Å². The van der Waals surface area contributed by atoms with Crippen molar-refractivity contribution in [1.29, 1.82) is 0 Å². The average Bonchev–Trinajstić information content (AvgIpc) is 2.74. The molecule has 0 spiro atoms. The monoisotopic (exact) mass is 424 g/mol. The molecule has 0 bridgehead atoms. The highest BCUT2D eigenvalue weighted by atomic mass is 32.2. The third-order valence-corrected chi connectivity index (χ3v) is 7.10. The Balaban J connectivity index is 1.64. The summed E-state index contributed by atoms with van der Waals surface area (Å²) >= 11 is 0. The lowest BCUT2D eigenvalue weighted by molar-refractivity contribution is -0.139. The maximum Gasteiger partial charge on any atom is 0.242 e. The number of morpholine rings is 1. The van der Waals surface area contributed by atoms with Gasteiger partial charge in [0.15, 0.2) is 0 Å². The van der Waals surface area contributed by atoms with Gasteiger partial charge in [-0.1, -0.05) is 13.3 Å². The van der Waals surface area contributed by atoms with Crippen LogP contribution in [0.15, 0.2) is 23.2 Å². The SMILES string of the molecule is CCCC(C)NS(=O)(=O)c1ccc(N2CCCC(C(=O)N3CCOCC3)C2)nc1. The van der Waals surface area contributed by atoms with Gasteiger partial charge < -0.3 is 14.5 Å². The summed E-state index contributed by atoms with van der Waals surface area (Å²) < 4.78 is 33.0. The van der Waals surface area contributed by atoms with Crippen LogP contribution in [0.5, 0.6) is 0 Å². The van der Waals surface area contributed by atoms with E-state index in [1.54, 1.807) is 12.1 Å². The second-order valence-electron chi connectivity index (χ2n) is 7.89. The minimum absolute atomic E-state index is 0.0522. The Morgan fingerprint density at radius 1 is 1.31 bits per heavy atom. The minimum atomic E-state index is -3.57. The molecule has 162 valence electrons. The molecule has 2 atom stereocenters. The van der Waals surface area contributed by atoms with Crippen LogP contribution in [-0.2, 0) is 19.6 Å². The Morgan fingerprint density at radius 2 is 2.07 bits per heavy atom. The average molecular weight is 425 g/mol. The number of aromatic nitrogens is 1. The topological polar surface area (TPSA) is 91.8 Å². The molecule has 2 unspecified atom stereocenters. The van der Waals surface area contributed by atoms with Crippen LogP contribution in [0.4, 0.5) is 5.82 Å². The van der Waals surface area contributed by atoms with Crippen LogP contribution in [0.2, 0.25) is 0 Å². The van der Waals surface area contributed by atoms with E-state index in [0.29, 0.717) is 38.7 Å². The van der Waals surface area contributed by atoms with Gasteiger partial charge in [0.25, 0.3) is 0 Å². The molecule has 3 heterocycles. The van der Waals surface area contributed by atoms with Gasteiger partial charge >= 0.3 is 0 Å². The number of nitrogens with zero attached hydrogens (tertiary/aromatic N) is 3. The molecular weight excluding hydrogens is 392 g/mol. The van der Waals surface area contributed by atoms with Crippen LogP contribution in [0, 0.1) is 5.92 Å². The van der Waals surface area contributed by atoms with Crippen LogP contribution in [0.25, 0.3) is 0 Å². The van der Waals surface area contributed by atoms with Crippen molar-refractivity contribution in [3.05, 3.63) is 18.3 Å². The van der Waals surface area contributed by atoms with E-state index in [-0.39, 0.29) is 22.8 Å². The predicted octanol–water partition coefficient (Wildman–Crippen LogP) is 1.62. The number of carbonyl (C=O) groups is 1. The van der Waals surface area contributed by atoms with E-state index in [2.05, 4.69) is 14.6 Å². The second kappa shape index (κ2) is 9.86. The summed E-state index contributed by atoms with van der Waals surface area (Å²) in [5.41, 5.74) is 0. The van der Waals surface area contributed by atoms with Crippen molar-refractivity contribution in [3.63, 3.8) is 0 Å². The molecule has 2 fully saturated rings. The fourth-order valence-corrected chi connectivity index (χ4v) is 5.19. The van der Waals surface area contributed by atoms with Gasteiger partial charge in [-0.3, -0.25) is 4.79 Å². The van der Waals surface area contributed by atoms with Crippen molar-refractivity contribution in [2.24, 2.45) is 5.92 Å². The normalized spacial score (nSPS) is 21.8. The largest absolute Gasteiger partial charge is 0.378 e. The number of piperidine rings is 1. The first kappa shape index (κ1) is 22.0. The molecule has 0 radical (unpaired) electrons. The summed E-state index contributed by atoms with van der Waals surface area (Å²) in [7, 11) is -3.57. The van der Waals surface area contributed by atoms with E-state index < -0.39 is 10.0 Å². The van der Waals surface area contributed by atoms with Gasteiger partial charge in [-0.15, -0.1) is 0 Å². The molecule has 2 aliphatic rings. The zero-order chi connectivity index (χ0) is 20.9.